The summed E-state index contributed by atoms with van der Waals surface area (Å²) in [6.07, 6.45) is 5.11. The number of benzene rings is 2. The molecule has 2 aromatic carbocycles. The maximum Gasteiger partial charge on any atom is 0.263 e. The first-order chi connectivity index (χ1) is 14.6. The molecule has 1 saturated carbocycles. The van der Waals surface area contributed by atoms with Gasteiger partial charge in [0.25, 0.3) is 11.8 Å². The smallest absolute Gasteiger partial charge is 0.263 e. The molecular weight excluding hydrogens is 398 g/mol. The van der Waals surface area contributed by atoms with Gasteiger partial charge in [-0.25, -0.2) is 0 Å². The second-order valence-electron chi connectivity index (χ2n) is 7.67. The maximum absolute atomic E-state index is 13.4. The topological polar surface area (TPSA) is 73.2 Å². The molecule has 0 aromatic heterocycles. The average molecular weight is 420 g/mol. The summed E-state index contributed by atoms with van der Waals surface area (Å²) < 4.78 is 0. The molecular formula is C24H22ClN3O2. The van der Waals surface area contributed by atoms with Crippen LogP contribution in [0.2, 0.25) is 5.02 Å². The van der Waals surface area contributed by atoms with Crippen molar-refractivity contribution < 1.29 is 9.59 Å². The van der Waals surface area contributed by atoms with Gasteiger partial charge in [0, 0.05) is 16.6 Å². The number of nitriles is 1. The Hall–Kier alpha value is -3.10. The fourth-order valence-electron chi connectivity index (χ4n) is 4.20. The van der Waals surface area contributed by atoms with E-state index < -0.39 is 5.91 Å². The summed E-state index contributed by atoms with van der Waals surface area (Å²) in [5.41, 5.74) is 2.11. The van der Waals surface area contributed by atoms with E-state index in [2.05, 4.69) is 5.32 Å². The lowest BCUT2D eigenvalue weighted by Crippen LogP contribution is -2.37. The molecule has 0 atom stereocenters. The Bertz CT molecular complexity index is 1060. The van der Waals surface area contributed by atoms with Crippen LogP contribution in [0.5, 0.6) is 0 Å². The Morgan fingerprint density at radius 2 is 1.80 bits per heavy atom. The summed E-state index contributed by atoms with van der Waals surface area (Å²) in [7, 11) is 0. The molecule has 1 fully saturated rings. The summed E-state index contributed by atoms with van der Waals surface area (Å²) in [6, 6.07) is 16.6. The highest BCUT2D eigenvalue weighted by molar-refractivity contribution is 6.37. The van der Waals surface area contributed by atoms with Gasteiger partial charge in [-0.15, -0.1) is 0 Å². The van der Waals surface area contributed by atoms with Crippen LogP contribution in [0.3, 0.4) is 0 Å². The summed E-state index contributed by atoms with van der Waals surface area (Å²) in [4.78, 5) is 27.9. The second kappa shape index (κ2) is 8.73. The summed E-state index contributed by atoms with van der Waals surface area (Å²) in [5, 5.41) is 13.3. The maximum atomic E-state index is 13.4. The van der Waals surface area contributed by atoms with Crippen LogP contribution in [0.15, 0.2) is 54.1 Å². The Balaban J connectivity index is 1.70. The summed E-state index contributed by atoms with van der Waals surface area (Å²) >= 11 is 6.30. The van der Waals surface area contributed by atoms with Crippen LogP contribution in [-0.2, 0) is 16.1 Å². The van der Waals surface area contributed by atoms with Crippen molar-refractivity contribution in [2.45, 2.75) is 44.7 Å². The van der Waals surface area contributed by atoms with Crippen molar-refractivity contribution in [1.82, 2.24) is 5.32 Å². The van der Waals surface area contributed by atoms with E-state index in [0.29, 0.717) is 16.3 Å². The van der Waals surface area contributed by atoms with Gasteiger partial charge in [-0.2, -0.15) is 5.26 Å². The van der Waals surface area contributed by atoms with Gasteiger partial charge in [0.15, 0.2) is 0 Å². The highest BCUT2D eigenvalue weighted by Crippen LogP contribution is 2.39. The van der Waals surface area contributed by atoms with Gasteiger partial charge in [0.05, 0.1) is 17.8 Å². The van der Waals surface area contributed by atoms with Crippen LogP contribution in [0, 0.1) is 11.3 Å². The molecule has 0 spiro atoms. The number of hydrogen-bond acceptors (Lipinski definition) is 3. The van der Waals surface area contributed by atoms with E-state index in [-0.39, 0.29) is 29.6 Å². The lowest BCUT2D eigenvalue weighted by Gasteiger charge is -2.22. The molecule has 5 nitrogen and oxygen atoms in total. The van der Waals surface area contributed by atoms with Gasteiger partial charge in [-0.05, 0) is 30.5 Å². The number of carbonyl (C=O) groups excluding carboxylic acids is 2. The van der Waals surface area contributed by atoms with Crippen molar-refractivity contribution in [3.05, 3.63) is 70.3 Å². The molecule has 2 amide bonds. The molecule has 152 valence electrons. The van der Waals surface area contributed by atoms with Crippen LogP contribution >= 0.6 is 11.6 Å². The van der Waals surface area contributed by atoms with E-state index in [1.807, 2.05) is 36.4 Å². The van der Waals surface area contributed by atoms with E-state index in [1.54, 1.807) is 23.1 Å². The Morgan fingerprint density at radius 3 is 2.53 bits per heavy atom. The van der Waals surface area contributed by atoms with Crippen LogP contribution in [0.25, 0.3) is 5.57 Å². The lowest BCUT2D eigenvalue weighted by atomic mass is 9.94. The number of amides is 2. The van der Waals surface area contributed by atoms with Gasteiger partial charge in [0.2, 0.25) is 0 Å². The predicted molar refractivity (Wildman–Crippen MR) is 117 cm³/mol. The number of fused-ring (bicyclic) bond motifs is 1. The van der Waals surface area contributed by atoms with Crippen LogP contribution in [0.1, 0.15) is 43.2 Å². The Kier molecular flexibility index (Phi) is 5.87. The number of para-hydroxylation sites is 1. The fourth-order valence-corrected chi connectivity index (χ4v) is 4.40. The largest absolute Gasteiger partial charge is 0.349 e. The minimum atomic E-state index is -0.470. The number of hydrogen-bond donors (Lipinski definition) is 1. The minimum Gasteiger partial charge on any atom is -0.349 e. The SMILES string of the molecule is N#CC(C(=O)NC1CCCCC1)=C1C(=O)N(Cc2ccccc2Cl)c2ccccc21. The number of nitrogens with zero attached hydrogens (tertiary/aromatic N) is 2. The van der Waals surface area contributed by atoms with Crippen LogP contribution in [-0.4, -0.2) is 17.9 Å². The van der Waals surface area contributed by atoms with Gasteiger partial charge >= 0.3 is 0 Å². The number of rotatable bonds is 4. The lowest BCUT2D eigenvalue weighted by molar-refractivity contribution is -0.118. The number of nitrogens with one attached hydrogen (secondary N) is 1. The quantitative estimate of drug-likeness (QED) is 0.580. The van der Waals surface area contributed by atoms with Crippen molar-refractivity contribution >= 4 is 34.7 Å². The molecule has 1 heterocycles. The molecule has 0 radical (unpaired) electrons. The first-order valence-corrected chi connectivity index (χ1v) is 10.6. The average Bonchev–Trinajstić information content (AvgIpc) is 3.03. The minimum absolute atomic E-state index is 0.0566. The van der Waals surface area contributed by atoms with Crippen LogP contribution < -0.4 is 10.2 Å². The van der Waals surface area contributed by atoms with Gasteiger partial charge in [0.1, 0.15) is 11.6 Å². The van der Waals surface area contributed by atoms with E-state index in [0.717, 1.165) is 31.2 Å². The molecule has 2 aromatic rings. The van der Waals surface area contributed by atoms with E-state index in [1.165, 1.54) is 6.42 Å². The third-order valence-corrected chi connectivity index (χ3v) is 6.11. The van der Waals surface area contributed by atoms with Crippen molar-refractivity contribution in [1.29, 1.82) is 5.26 Å². The molecule has 1 aliphatic heterocycles. The molecule has 0 unspecified atom stereocenters. The van der Waals surface area contributed by atoms with E-state index in [4.69, 9.17) is 11.6 Å². The predicted octanol–water partition coefficient (Wildman–Crippen LogP) is 4.61. The number of halogens is 1. The third kappa shape index (κ3) is 3.83. The van der Waals surface area contributed by atoms with Crippen molar-refractivity contribution in [2.24, 2.45) is 0 Å². The Morgan fingerprint density at radius 1 is 1.10 bits per heavy atom. The zero-order valence-electron chi connectivity index (χ0n) is 16.5. The summed E-state index contributed by atoms with van der Waals surface area (Å²) in [6.45, 7) is 0.266. The standard InChI is InChI=1S/C24H22ClN3O2/c25-20-12-6-4-8-16(20)15-28-21-13-7-5-11-18(21)22(24(28)30)19(14-26)23(29)27-17-9-2-1-3-10-17/h4-8,11-13,17H,1-3,9-10,15H2,(H,27,29). The first-order valence-electron chi connectivity index (χ1n) is 10.2. The van der Waals surface area contributed by atoms with Crippen molar-refractivity contribution in [2.75, 3.05) is 4.90 Å². The first kappa shape index (κ1) is 20.2. The van der Waals surface area contributed by atoms with Gasteiger partial charge in [-0.3, -0.25) is 9.59 Å². The zero-order valence-corrected chi connectivity index (χ0v) is 17.3. The van der Waals surface area contributed by atoms with Gasteiger partial charge < -0.3 is 10.2 Å². The molecule has 2 aliphatic rings. The van der Waals surface area contributed by atoms with Crippen molar-refractivity contribution in [3.63, 3.8) is 0 Å². The van der Waals surface area contributed by atoms with Crippen LogP contribution in [0.4, 0.5) is 5.69 Å². The molecule has 0 saturated heterocycles. The van der Waals surface area contributed by atoms with Gasteiger partial charge in [-0.1, -0.05) is 67.3 Å². The summed E-state index contributed by atoms with van der Waals surface area (Å²) in [5.74, 6) is -0.825. The highest BCUT2D eigenvalue weighted by Gasteiger charge is 2.37. The molecule has 1 N–H and O–H groups in total. The third-order valence-electron chi connectivity index (χ3n) is 5.74. The monoisotopic (exact) mass is 419 g/mol. The number of carbonyl (C=O) groups is 2. The molecule has 6 heteroatoms. The van der Waals surface area contributed by atoms with E-state index in [9.17, 15) is 14.9 Å². The molecule has 0 bridgehead atoms. The second-order valence-corrected chi connectivity index (χ2v) is 8.08. The zero-order chi connectivity index (χ0) is 21.1. The molecule has 1 aliphatic carbocycles. The normalized spacial score (nSPS) is 18.0. The van der Waals surface area contributed by atoms with Crippen molar-refractivity contribution in [3.8, 4) is 6.07 Å². The fraction of sp³-hybridized carbons (Fsp3) is 0.292. The molecule has 4 rings (SSSR count). The number of anilines is 1. The molecule has 30 heavy (non-hydrogen) atoms. The highest BCUT2D eigenvalue weighted by atomic mass is 35.5. The van der Waals surface area contributed by atoms with E-state index >= 15 is 0 Å². The Labute approximate surface area is 180 Å².